The van der Waals surface area contributed by atoms with Crippen molar-refractivity contribution in [1.29, 1.82) is 5.26 Å². The Balaban J connectivity index is 1.96. The predicted octanol–water partition coefficient (Wildman–Crippen LogP) is 2.71. The third-order valence-corrected chi connectivity index (χ3v) is 4.18. The monoisotopic (exact) mass is 272 g/mol. The molecule has 0 aliphatic carbocycles. The van der Waals surface area contributed by atoms with Gasteiger partial charge in [-0.2, -0.15) is 5.26 Å². The summed E-state index contributed by atoms with van der Waals surface area (Å²) in [4.78, 5) is 6.85. The summed E-state index contributed by atoms with van der Waals surface area (Å²) in [5.74, 6) is 0.707. The SMILES string of the molecule is CCN1CCC(CNc2cc(C)nc(C)c2C#N)CC1. The van der Waals surface area contributed by atoms with Gasteiger partial charge in [0.05, 0.1) is 16.9 Å². The van der Waals surface area contributed by atoms with E-state index in [1.54, 1.807) is 0 Å². The predicted molar refractivity (Wildman–Crippen MR) is 81.8 cm³/mol. The highest BCUT2D eigenvalue weighted by Crippen LogP contribution is 2.22. The Bertz CT molecular complexity index is 496. The maximum Gasteiger partial charge on any atom is 0.103 e. The number of rotatable bonds is 4. The first-order chi connectivity index (χ1) is 9.63. The van der Waals surface area contributed by atoms with E-state index in [2.05, 4.69) is 28.2 Å². The Morgan fingerprint density at radius 3 is 2.70 bits per heavy atom. The quantitative estimate of drug-likeness (QED) is 0.915. The van der Waals surface area contributed by atoms with Crippen LogP contribution in [0.2, 0.25) is 0 Å². The van der Waals surface area contributed by atoms with Crippen LogP contribution < -0.4 is 5.32 Å². The Morgan fingerprint density at radius 2 is 2.10 bits per heavy atom. The molecular weight excluding hydrogens is 248 g/mol. The Labute approximate surface area is 121 Å². The van der Waals surface area contributed by atoms with Gasteiger partial charge in [-0.05, 0) is 58.3 Å². The number of anilines is 1. The van der Waals surface area contributed by atoms with E-state index in [0.717, 1.165) is 30.2 Å². The molecule has 4 nitrogen and oxygen atoms in total. The molecule has 1 saturated heterocycles. The molecule has 0 spiro atoms. The minimum absolute atomic E-state index is 0.682. The van der Waals surface area contributed by atoms with Crippen molar-refractivity contribution in [2.75, 3.05) is 31.5 Å². The highest BCUT2D eigenvalue weighted by atomic mass is 15.1. The van der Waals surface area contributed by atoms with Crippen molar-refractivity contribution in [2.24, 2.45) is 5.92 Å². The summed E-state index contributed by atoms with van der Waals surface area (Å²) in [7, 11) is 0. The van der Waals surface area contributed by atoms with Crippen molar-refractivity contribution in [1.82, 2.24) is 9.88 Å². The van der Waals surface area contributed by atoms with Crippen molar-refractivity contribution in [3.8, 4) is 6.07 Å². The molecule has 0 radical (unpaired) electrons. The van der Waals surface area contributed by atoms with Crippen LogP contribution in [0, 0.1) is 31.1 Å². The Morgan fingerprint density at radius 1 is 1.40 bits per heavy atom. The molecule has 0 unspecified atom stereocenters. The molecule has 108 valence electrons. The molecule has 20 heavy (non-hydrogen) atoms. The second-order valence-electron chi connectivity index (χ2n) is 5.64. The highest BCUT2D eigenvalue weighted by molar-refractivity contribution is 5.59. The number of pyridine rings is 1. The molecule has 1 aliphatic rings. The van der Waals surface area contributed by atoms with Crippen molar-refractivity contribution < 1.29 is 0 Å². The molecule has 0 aromatic carbocycles. The maximum absolute atomic E-state index is 9.26. The first-order valence-electron chi connectivity index (χ1n) is 7.48. The normalized spacial score (nSPS) is 16.9. The smallest absolute Gasteiger partial charge is 0.103 e. The molecule has 0 atom stereocenters. The van der Waals surface area contributed by atoms with Gasteiger partial charge in [-0.15, -0.1) is 0 Å². The molecular formula is C16H24N4. The van der Waals surface area contributed by atoms with Crippen molar-refractivity contribution >= 4 is 5.69 Å². The summed E-state index contributed by atoms with van der Waals surface area (Å²) >= 11 is 0. The number of nitrogens with one attached hydrogen (secondary N) is 1. The van der Waals surface area contributed by atoms with Gasteiger partial charge >= 0.3 is 0 Å². The van der Waals surface area contributed by atoms with Crippen LogP contribution in [0.1, 0.15) is 36.7 Å². The lowest BCUT2D eigenvalue weighted by molar-refractivity contribution is 0.198. The van der Waals surface area contributed by atoms with E-state index in [0.29, 0.717) is 11.5 Å². The number of piperidine rings is 1. The largest absolute Gasteiger partial charge is 0.384 e. The van der Waals surface area contributed by atoms with Gasteiger partial charge in [-0.25, -0.2) is 0 Å². The van der Waals surface area contributed by atoms with Gasteiger partial charge in [-0.1, -0.05) is 6.92 Å². The number of hydrogen-bond acceptors (Lipinski definition) is 4. The lowest BCUT2D eigenvalue weighted by atomic mass is 9.96. The van der Waals surface area contributed by atoms with Gasteiger partial charge < -0.3 is 10.2 Å². The number of nitrogens with zero attached hydrogens (tertiary/aromatic N) is 3. The van der Waals surface area contributed by atoms with Gasteiger partial charge in [0.1, 0.15) is 6.07 Å². The lowest BCUT2D eigenvalue weighted by Gasteiger charge is -2.31. The average molecular weight is 272 g/mol. The molecule has 1 aliphatic heterocycles. The van der Waals surface area contributed by atoms with Crippen LogP contribution >= 0.6 is 0 Å². The second kappa shape index (κ2) is 6.71. The number of nitriles is 1. The summed E-state index contributed by atoms with van der Waals surface area (Å²) < 4.78 is 0. The van der Waals surface area contributed by atoms with Crippen LogP contribution in [-0.4, -0.2) is 36.1 Å². The lowest BCUT2D eigenvalue weighted by Crippen LogP contribution is -2.35. The van der Waals surface area contributed by atoms with E-state index in [1.165, 1.54) is 25.9 Å². The van der Waals surface area contributed by atoms with E-state index in [4.69, 9.17) is 0 Å². The number of aryl methyl sites for hydroxylation is 2. The first-order valence-corrected chi connectivity index (χ1v) is 7.48. The Kier molecular flexibility index (Phi) is 4.97. The maximum atomic E-state index is 9.26. The number of hydrogen-bond donors (Lipinski definition) is 1. The molecule has 0 saturated carbocycles. The van der Waals surface area contributed by atoms with Crippen molar-refractivity contribution in [2.45, 2.75) is 33.6 Å². The first kappa shape index (κ1) is 14.8. The van der Waals surface area contributed by atoms with Crippen LogP contribution in [0.3, 0.4) is 0 Å². The standard InChI is InChI=1S/C16H24N4/c1-4-20-7-5-14(6-8-20)11-18-16-9-12(2)19-13(3)15(16)10-17/h9,14H,4-8,11H2,1-3H3,(H,18,19). The molecule has 2 rings (SSSR count). The summed E-state index contributed by atoms with van der Waals surface area (Å²) in [5.41, 5.74) is 3.40. The molecule has 0 amide bonds. The van der Waals surface area contributed by atoms with Crippen LogP contribution in [0.4, 0.5) is 5.69 Å². The van der Waals surface area contributed by atoms with E-state index < -0.39 is 0 Å². The van der Waals surface area contributed by atoms with Crippen LogP contribution in [0.5, 0.6) is 0 Å². The molecule has 0 bridgehead atoms. The molecule has 1 fully saturated rings. The third kappa shape index (κ3) is 3.49. The van der Waals surface area contributed by atoms with Gasteiger partial charge in [0.25, 0.3) is 0 Å². The fraction of sp³-hybridized carbons (Fsp3) is 0.625. The number of likely N-dealkylation sites (tertiary alicyclic amines) is 1. The zero-order chi connectivity index (χ0) is 14.5. The molecule has 4 heteroatoms. The van der Waals surface area contributed by atoms with E-state index in [1.807, 2.05) is 19.9 Å². The minimum atomic E-state index is 0.682. The zero-order valence-corrected chi connectivity index (χ0v) is 12.7. The van der Waals surface area contributed by atoms with Gasteiger partial charge in [-0.3, -0.25) is 4.98 Å². The fourth-order valence-corrected chi connectivity index (χ4v) is 2.87. The Hall–Kier alpha value is -1.60. The van der Waals surface area contributed by atoms with Gasteiger partial charge in [0, 0.05) is 12.2 Å². The second-order valence-corrected chi connectivity index (χ2v) is 5.64. The summed E-state index contributed by atoms with van der Waals surface area (Å²) in [6.45, 7) is 10.6. The van der Waals surface area contributed by atoms with E-state index in [9.17, 15) is 5.26 Å². The fourth-order valence-electron chi connectivity index (χ4n) is 2.87. The third-order valence-electron chi connectivity index (χ3n) is 4.18. The zero-order valence-electron chi connectivity index (χ0n) is 12.7. The van der Waals surface area contributed by atoms with Gasteiger partial charge in [0.15, 0.2) is 0 Å². The summed E-state index contributed by atoms with van der Waals surface area (Å²) in [5, 5.41) is 12.7. The highest BCUT2D eigenvalue weighted by Gasteiger charge is 2.18. The van der Waals surface area contributed by atoms with E-state index >= 15 is 0 Å². The molecule has 2 heterocycles. The van der Waals surface area contributed by atoms with Gasteiger partial charge in [0.2, 0.25) is 0 Å². The minimum Gasteiger partial charge on any atom is -0.384 e. The summed E-state index contributed by atoms with van der Waals surface area (Å²) in [6, 6.07) is 4.24. The van der Waals surface area contributed by atoms with Crippen molar-refractivity contribution in [3.05, 3.63) is 23.0 Å². The van der Waals surface area contributed by atoms with Crippen molar-refractivity contribution in [3.63, 3.8) is 0 Å². The molecule has 1 N–H and O–H groups in total. The van der Waals surface area contributed by atoms with Crippen LogP contribution in [0.25, 0.3) is 0 Å². The number of aromatic nitrogens is 1. The summed E-state index contributed by atoms with van der Waals surface area (Å²) in [6.07, 6.45) is 2.48. The van der Waals surface area contributed by atoms with Crippen LogP contribution in [0.15, 0.2) is 6.07 Å². The molecule has 1 aromatic heterocycles. The average Bonchev–Trinajstić information content (AvgIpc) is 2.45. The molecule has 1 aromatic rings. The topological polar surface area (TPSA) is 52.0 Å². The van der Waals surface area contributed by atoms with E-state index in [-0.39, 0.29) is 0 Å². The van der Waals surface area contributed by atoms with Crippen LogP contribution in [-0.2, 0) is 0 Å².